The topological polar surface area (TPSA) is 314 Å². The molecule has 24 heteroatoms. The van der Waals surface area contributed by atoms with Gasteiger partial charge in [-0.15, -0.1) is 5.10 Å². The van der Waals surface area contributed by atoms with Crippen LogP contribution in [0.2, 0.25) is 0 Å². The molecule has 0 bridgehead atoms. The predicted octanol–water partition coefficient (Wildman–Crippen LogP) is 1.73. The molecule has 1 aromatic carbocycles. The largest absolute Gasteiger partial charge is 0.458 e. The van der Waals surface area contributed by atoms with Crippen molar-refractivity contribution in [2.24, 2.45) is 11.7 Å². The lowest BCUT2D eigenvalue weighted by atomic mass is 9.86. The molecule has 22 nitrogen and oxygen atoms in total. The van der Waals surface area contributed by atoms with Crippen LogP contribution in [0.5, 0.6) is 0 Å². The molecule has 0 saturated heterocycles. The summed E-state index contributed by atoms with van der Waals surface area (Å²) < 4.78 is 46.6. The number of carbonyl (C=O) groups excluding carboxylic acids is 5. The van der Waals surface area contributed by atoms with Crippen molar-refractivity contribution < 1.29 is 46.6 Å². The first-order chi connectivity index (χ1) is 34.2. The van der Waals surface area contributed by atoms with Crippen molar-refractivity contribution in [3.8, 4) is 22.6 Å². The van der Waals surface area contributed by atoms with Crippen molar-refractivity contribution in [2.45, 2.75) is 128 Å². The monoisotopic (exact) mass is 1010 g/mol. The second-order valence-electron chi connectivity index (χ2n) is 18.5. The second-order valence-corrected chi connectivity index (χ2v) is 20.4. The third-order valence-corrected chi connectivity index (χ3v) is 13.8. The number of unbranched alkanes of at least 4 members (excludes halogenated alkanes) is 3. The number of aliphatic hydroxyl groups is 1. The van der Waals surface area contributed by atoms with E-state index < -0.39 is 69.1 Å². The van der Waals surface area contributed by atoms with Gasteiger partial charge < -0.3 is 41.4 Å². The zero-order valence-electron chi connectivity index (χ0n) is 40.7. The lowest BCUT2D eigenvalue weighted by molar-refractivity contribution is -0.172. The van der Waals surface area contributed by atoms with Crippen molar-refractivity contribution in [3.05, 3.63) is 80.8 Å². The number of aryl methyl sites for hydroxylation is 2. The number of aromatic nitrogens is 7. The Morgan fingerprint density at radius 1 is 0.972 bits per heavy atom. The van der Waals surface area contributed by atoms with E-state index in [9.17, 15) is 46.7 Å². The Hall–Kier alpha value is -7.05. The van der Waals surface area contributed by atoms with Crippen LogP contribution in [0.25, 0.3) is 33.5 Å². The highest BCUT2D eigenvalue weighted by molar-refractivity contribution is 7.90. The van der Waals surface area contributed by atoms with Gasteiger partial charge in [-0.25, -0.2) is 32.6 Å². The SMILES string of the molecule is CC[C@@]1(O)C(=O)OCc2c1cc1n(c2=O)Cc2c-1nc1cc(F)c(C)cc1c2CNC(=O)CNC(=O)[C@H](CCCCN)NC(=O)[C@@H](NC(=O)CCCCCn1cc(-c2cnc(S(C)(=O)=O)nc2)nn1)C(C)C. The zero-order valence-corrected chi connectivity index (χ0v) is 41.5. The Kier molecular flexibility index (Phi) is 16.2. The number of benzene rings is 1. The Bertz CT molecular complexity index is 3090. The van der Waals surface area contributed by atoms with E-state index in [2.05, 4.69) is 41.5 Å². The van der Waals surface area contributed by atoms with Gasteiger partial charge in [-0.2, -0.15) is 0 Å². The number of ether oxygens (including phenoxy) is 1. The molecule has 7 N–H and O–H groups in total. The maximum atomic E-state index is 15.0. The number of nitrogens with two attached hydrogens (primary N) is 1. The molecule has 384 valence electrons. The molecular formula is C48H59FN12O10S. The number of hydrogen-bond donors (Lipinski definition) is 6. The van der Waals surface area contributed by atoms with Gasteiger partial charge in [0.2, 0.25) is 38.6 Å². The number of hydrogen-bond acceptors (Lipinski definition) is 16. The van der Waals surface area contributed by atoms with Crippen LogP contribution in [-0.2, 0) is 70.4 Å². The van der Waals surface area contributed by atoms with E-state index in [-0.39, 0.29) is 72.6 Å². The van der Waals surface area contributed by atoms with E-state index in [1.54, 1.807) is 50.7 Å². The summed E-state index contributed by atoms with van der Waals surface area (Å²) in [6.07, 6.45) is 8.62. The average Bonchev–Trinajstić information content (AvgIpc) is 3.97. The number of cyclic esters (lactones) is 1. The zero-order chi connectivity index (χ0) is 52.1. The fourth-order valence-corrected chi connectivity index (χ4v) is 9.24. The number of carbonyl (C=O) groups is 5. The summed E-state index contributed by atoms with van der Waals surface area (Å²) in [5.41, 5.74) is 6.72. The molecule has 0 unspecified atom stereocenters. The fraction of sp³-hybridized carbons (Fsp3) is 0.479. The molecule has 6 heterocycles. The van der Waals surface area contributed by atoms with Gasteiger partial charge in [0.15, 0.2) is 5.60 Å². The van der Waals surface area contributed by atoms with E-state index in [0.29, 0.717) is 89.9 Å². The lowest BCUT2D eigenvalue weighted by Crippen LogP contribution is -2.56. The van der Waals surface area contributed by atoms with Gasteiger partial charge >= 0.3 is 5.97 Å². The Labute approximate surface area is 414 Å². The van der Waals surface area contributed by atoms with Crippen molar-refractivity contribution >= 4 is 50.3 Å². The highest BCUT2D eigenvalue weighted by atomic mass is 32.2. The van der Waals surface area contributed by atoms with Crippen molar-refractivity contribution in [1.29, 1.82) is 0 Å². The number of nitrogens with zero attached hydrogens (tertiary/aromatic N) is 7. The quantitative estimate of drug-likeness (QED) is 0.0320. The molecule has 0 radical (unpaired) electrons. The number of rotatable bonds is 22. The molecule has 0 spiro atoms. The number of amides is 4. The molecule has 0 aliphatic carbocycles. The molecule has 72 heavy (non-hydrogen) atoms. The number of sulfone groups is 1. The first-order valence-corrected chi connectivity index (χ1v) is 25.7. The number of nitrogens with one attached hydrogen (secondary N) is 4. The first kappa shape index (κ1) is 52.8. The maximum Gasteiger partial charge on any atom is 0.343 e. The minimum Gasteiger partial charge on any atom is -0.458 e. The fourth-order valence-electron chi connectivity index (χ4n) is 8.75. The van der Waals surface area contributed by atoms with Crippen LogP contribution in [0, 0.1) is 18.7 Å². The predicted molar refractivity (Wildman–Crippen MR) is 258 cm³/mol. The standard InChI is InChI=1S/C48H59FN12O10S/c1-6-48(68)33-17-38-42-31(23-61(38)45(66)32(33)25-71-46(48)67)30(29-16-27(4)34(49)18-36(29)55-42)21-51-40(63)22-52-43(64)35(12-9-10-14-50)56-44(65)41(26(2)3)57-39(62)13-8-7-11-15-60-24-37(58-59-60)28-19-53-47(54-20-28)72(5,69)70/h16-20,24,26,35,41,68H,6-15,21-23,25,50H2,1-5H3,(H,51,63)(H,52,64)(H,56,65)(H,57,62)/t35-,41-,48-/m0/s1. The summed E-state index contributed by atoms with van der Waals surface area (Å²) in [5, 5.41) is 30.8. The van der Waals surface area contributed by atoms with Gasteiger partial charge in [-0.1, -0.05) is 32.4 Å². The summed E-state index contributed by atoms with van der Waals surface area (Å²) in [7, 11) is -3.54. The third kappa shape index (κ3) is 11.5. The molecule has 5 aromatic rings. The summed E-state index contributed by atoms with van der Waals surface area (Å²) in [4.78, 5) is 93.0. The van der Waals surface area contributed by atoms with Gasteiger partial charge in [0.25, 0.3) is 5.56 Å². The lowest BCUT2D eigenvalue weighted by Gasteiger charge is -2.31. The van der Waals surface area contributed by atoms with Gasteiger partial charge in [0.1, 0.15) is 30.2 Å². The smallest absolute Gasteiger partial charge is 0.343 e. The summed E-state index contributed by atoms with van der Waals surface area (Å²) in [5.74, 6) is -3.87. The van der Waals surface area contributed by atoms with Crippen LogP contribution in [0.15, 0.2) is 46.7 Å². The van der Waals surface area contributed by atoms with Gasteiger partial charge in [0.05, 0.1) is 41.8 Å². The molecule has 0 fully saturated rings. The molecule has 2 aliphatic rings. The molecule has 7 rings (SSSR count). The number of halogens is 1. The number of pyridine rings is 2. The average molecular weight is 1020 g/mol. The Morgan fingerprint density at radius 3 is 2.42 bits per heavy atom. The van der Waals surface area contributed by atoms with Crippen LogP contribution < -0.4 is 32.6 Å². The maximum absolute atomic E-state index is 15.0. The van der Waals surface area contributed by atoms with Crippen LogP contribution in [0.4, 0.5) is 4.39 Å². The van der Waals surface area contributed by atoms with Gasteiger partial charge in [-0.3, -0.25) is 28.7 Å². The van der Waals surface area contributed by atoms with Gasteiger partial charge in [-0.05, 0) is 81.2 Å². The van der Waals surface area contributed by atoms with E-state index in [4.69, 9.17) is 15.5 Å². The number of esters is 1. The minimum absolute atomic E-state index is 0.0263. The van der Waals surface area contributed by atoms with E-state index in [0.717, 1.165) is 6.26 Å². The minimum atomic E-state index is -3.54. The van der Waals surface area contributed by atoms with Crippen LogP contribution in [0.1, 0.15) is 100.0 Å². The normalized spacial score (nSPS) is 15.8. The van der Waals surface area contributed by atoms with Crippen molar-refractivity contribution in [2.75, 3.05) is 19.3 Å². The summed E-state index contributed by atoms with van der Waals surface area (Å²) >= 11 is 0. The van der Waals surface area contributed by atoms with E-state index in [1.165, 1.54) is 23.0 Å². The van der Waals surface area contributed by atoms with Crippen LogP contribution in [-0.4, -0.2) is 109 Å². The van der Waals surface area contributed by atoms with Crippen molar-refractivity contribution in [1.82, 2.24) is 55.8 Å². The Morgan fingerprint density at radius 2 is 1.72 bits per heavy atom. The molecular weight excluding hydrogens is 956 g/mol. The highest BCUT2D eigenvalue weighted by Gasteiger charge is 2.45. The second kappa shape index (κ2) is 22.2. The van der Waals surface area contributed by atoms with Gasteiger partial charge in [0, 0.05) is 66.3 Å². The molecule has 3 atom stereocenters. The number of fused-ring (bicyclic) bond motifs is 5. The molecule has 4 amide bonds. The highest BCUT2D eigenvalue weighted by Crippen LogP contribution is 2.40. The van der Waals surface area contributed by atoms with Crippen LogP contribution in [0.3, 0.4) is 0 Å². The summed E-state index contributed by atoms with van der Waals surface area (Å²) in [6, 6.07) is 2.38. The first-order valence-electron chi connectivity index (χ1n) is 23.8. The van der Waals surface area contributed by atoms with Crippen LogP contribution >= 0.6 is 0 Å². The Balaban J connectivity index is 0.944. The third-order valence-electron chi connectivity index (χ3n) is 12.9. The van der Waals surface area contributed by atoms with E-state index >= 15 is 0 Å². The van der Waals surface area contributed by atoms with E-state index in [1.807, 2.05) is 0 Å². The molecule has 4 aromatic heterocycles. The molecule has 2 aliphatic heterocycles. The van der Waals surface area contributed by atoms with Crippen molar-refractivity contribution in [3.63, 3.8) is 0 Å². The molecule has 0 saturated carbocycles. The summed E-state index contributed by atoms with van der Waals surface area (Å²) in [6.45, 7) is 6.69.